The molecule has 54 heavy (non-hydrogen) atoms. The maximum Gasteiger partial charge on any atom is 0.322 e. The number of hydrogen-bond donors (Lipinski definition) is 4. The van der Waals surface area contributed by atoms with E-state index in [0.29, 0.717) is 0 Å². The molecule has 5 aromatic carbocycles. The average Bonchev–Trinajstić information content (AvgIpc) is 3.76. The van der Waals surface area contributed by atoms with E-state index in [1.165, 1.54) is 0 Å². The lowest BCUT2D eigenvalue weighted by molar-refractivity contribution is -0.0308. The lowest BCUT2D eigenvalue weighted by Gasteiger charge is -2.50. The molecule has 4 saturated heterocycles. The van der Waals surface area contributed by atoms with Gasteiger partial charge in [0.05, 0.1) is 26.2 Å². The van der Waals surface area contributed by atoms with Crippen LogP contribution in [0.5, 0.6) is 0 Å². The van der Waals surface area contributed by atoms with Crippen LogP contribution >= 0.6 is 0 Å². The van der Waals surface area contributed by atoms with Gasteiger partial charge in [-0.2, -0.15) is 0 Å². The summed E-state index contributed by atoms with van der Waals surface area (Å²) in [4.78, 5) is 65.2. The van der Waals surface area contributed by atoms with Crippen molar-refractivity contribution in [3.63, 3.8) is 0 Å². The first kappa shape index (κ1) is 30.8. The average molecular weight is 715 g/mol. The first-order chi connectivity index (χ1) is 26.3. The van der Waals surface area contributed by atoms with E-state index in [4.69, 9.17) is 0 Å². The quantitative estimate of drug-likeness (QED) is 0.203. The Hall–Kier alpha value is -6.82. The Morgan fingerprint density at radius 1 is 0.352 bits per heavy atom. The van der Waals surface area contributed by atoms with Crippen LogP contribution in [0.4, 0.5) is 19.2 Å². The molecule has 0 radical (unpaired) electrons. The van der Waals surface area contributed by atoms with Crippen molar-refractivity contribution in [1.82, 2.24) is 40.9 Å². The number of nitrogens with one attached hydrogen (secondary N) is 4. The van der Waals surface area contributed by atoms with E-state index in [1.54, 1.807) is 19.6 Å². The van der Waals surface area contributed by atoms with Crippen LogP contribution in [0.1, 0.15) is 44.5 Å². The Morgan fingerprint density at radius 3 is 0.852 bits per heavy atom. The van der Waals surface area contributed by atoms with Crippen LogP contribution < -0.4 is 21.3 Å². The van der Waals surface area contributed by atoms with E-state index in [2.05, 4.69) is 21.3 Å². The van der Waals surface area contributed by atoms with E-state index in [1.807, 2.05) is 133 Å². The van der Waals surface area contributed by atoms with Crippen molar-refractivity contribution in [2.45, 2.75) is 48.8 Å². The van der Waals surface area contributed by atoms with Gasteiger partial charge in [-0.05, 0) is 22.3 Å². The van der Waals surface area contributed by atoms with Gasteiger partial charge in [0.2, 0.25) is 0 Å². The highest BCUT2D eigenvalue weighted by Gasteiger charge is 2.76. The number of amides is 8. The third kappa shape index (κ3) is 3.48. The minimum Gasteiger partial charge on any atom is -0.307 e. The number of rotatable bonds is 4. The molecule has 4 bridgehead atoms. The van der Waals surface area contributed by atoms with Gasteiger partial charge in [0.1, 0.15) is 0 Å². The molecular weight excluding hydrogens is 681 g/mol. The molecule has 6 aliphatic rings. The summed E-state index contributed by atoms with van der Waals surface area (Å²) in [5.41, 5.74) is 1.08. The number of urea groups is 4. The maximum absolute atomic E-state index is 14.5. The lowest BCUT2D eigenvalue weighted by atomic mass is 9.79. The van der Waals surface area contributed by atoms with Crippen molar-refractivity contribution < 1.29 is 19.2 Å². The van der Waals surface area contributed by atoms with E-state index in [9.17, 15) is 19.2 Å². The highest BCUT2D eigenvalue weighted by Crippen LogP contribution is 2.58. The predicted molar refractivity (Wildman–Crippen MR) is 195 cm³/mol. The van der Waals surface area contributed by atoms with Gasteiger partial charge in [-0.25, -0.2) is 19.2 Å². The number of benzene rings is 5. The molecule has 6 aliphatic heterocycles. The summed E-state index contributed by atoms with van der Waals surface area (Å²) in [6.07, 6.45) is 0. The maximum atomic E-state index is 14.5. The SMILES string of the molecule is O=C1NC2(c3ccccc3)NC(=O)N3Cc4cc(c5cc4CN4C(=O)NC6(c7ccccc7)NC(=O)N(C5)C46c4ccccc4)CN1C32c1ccccc1. The van der Waals surface area contributed by atoms with Gasteiger partial charge in [0.15, 0.2) is 22.7 Å². The molecule has 11 rings (SSSR count). The highest BCUT2D eigenvalue weighted by molar-refractivity contribution is 5.91. The molecule has 266 valence electrons. The second-order valence-corrected chi connectivity index (χ2v) is 14.8. The molecule has 12 heteroatoms. The van der Waals surface area contributed by atoms with Gasteiger partial charge in [-0.1, -0.05) is 133 Å². The fourth-order valence-corrected chi connectivity index (χ4v) is 10.3. The zero-order chi connectivity index (χ0) is 36.5. The Balaban J connectivity index is 1.14. The van der Waals surface area contributed by atoms with Gasteiger partial charge in [0.25, 0.3) is 0 Å². The Labute approximate surface area is 310 Å². The van der Waals surface area contributed by atoms with Gasteiger partial charge in [0, 0.05) is 22.3 Å². The molecular formula is C42H34N8O4. The number of carbonyl (C=O) groups excluding carboxylic acids is 4. The van der Waals surface area contributed by atoms with Crippen LogP contribution in [-0.4, -0.2) is 43.7 Å². The molecule has 8 amide bonds. The van der Waals surface area contributed by atoms with Crippen LogP contribution in [0.15, 0.2) is 133 Å². The summed E-state index contributed by atoms with van der Waals surface area (Å²) in [6.45, 7) is 0.563. The topological polar surface area (TPSA) is 129 Å². The van der Waals surface area contributed by atoms with Gasteiger partial charge in [-0.15, -0.1) is 0 Å². The fourth-order valence-electron chi connectivity index (χ4n) is 10.3. The number of hydrogen-bond acceptors (Lipinski definition) is 4. The largest absolute Gasteiger partial charge is 0.322 e. The molecule has 0 unspecified atom stereocenters. The summed E-state index contributed by atoms with van der Waals surface area (Å²) < 4.78 is 0. The number of fused-ring (bicyclic) bond motifs is 6. The molecule has 4 N–H and O–H groups in total. The second-order valence-electron chi connectivity index (χ2n) is 14.8. The van der Waals surface area contributed by atoms with Crippen molar-refractivity contribution in [3.8, 4) is 0 Å². The molecule has 4 fully saturated rings. The van der Waals surface area contributed by atoms with E-state index >= 15 is 0 Å². The van der Waals surface area contributed by atoms with Crippen LogP contribution in [0.2, 0.25) is 0 Å². The summed E-state index contributed by atoms with van der Waals surface area (Å²) >= 11 is 0. The Morgan fingerprint density at radius 2 is 0.593 bits per heavy atom. The normalized spacial score (nSPS) is 28.6. The van der Waals surface area contributed by atoms with E-state index in [0.717, 1.165) is 44.5 Å². The first-order valence-corrected chi connectivity index (χ1v) is 18.1. The first-order valence-electron chi connectivity index (χ1n) is 18.1. The molecule has 12 nitrogen and oxygen atoms in total. The van der Waals surface area contributed by atoms with Crippen LogP contribution in [0, 0.1) is 0 Å². The second kappa shape index (κ2) is 10.4. The summed E-state index contributed by atoms with van der Waals surface area (Å²) in [5.74, 6) is 0. The van der Waals surface area contributed by atoms with Crippen molar-refractivity contribution in [1.29, 1.82) is 0 Å². The molecule has 6 heterocycles. The van der Waals surface area contributed by atoms with Crippen LogP contribution in [0.3, 0.4) is 0 Å². The molecule has 5 aromatic rings. The van der Waals surface area contributed by atoms with Crippen molar-refractivity contribution >= 4 is 24.1 Å². The lowest BCUT2D eigenvalue weighted by Crippen LogP contribution is -2.63. The number of nitrogens with zero attached hydrogens (tertiary/aromatic N) is 4. The van der Waals surface area contributed by atoms with Crippen molar-refractivity contribution in [2.75, 3.05) is 0 Å². The van der Waals surface area contributed by atoms with E-state index in [-0.39, 0.29) is 50.3 Å². The molecule has 0 atom stereocenters. The fraction of sp³-hybridized carbons (Fsp3) is 0.190. The van der Waals surface area contributed by atoms with Crippen molar-refractivity contribution in [2.24, 2.45) is 0 Å². The summed E-state index contributed by atoms with van der Waals surface area (Å²) in [7, 11) is 0. The summed E-state index contributed by atoms with van der Waals surface area (Å²) in [6, 6.07) is 41.2. The van der Waals surface area contributed by atoms with Gasteiger partial charge < -0.3 is 21.3 Å². The van der Waals surface area contributed by atoms with E-state index < -0.39 is 22.7 Å². The third-order valence-electron chi connectivity index (χ3n) is 12.4. The Kier molecular flexibility index (Phi) is 5.93. The minimum atomic E-state index is -1.33. The standard InChI is InChI=1S/C42H34N8O4/c51-35-43-39(31-13-5-1-6-14-31)41(33-17-9-3-10-18-33)47(35)23-27-21-28(24-48(41)36(52)44-39)30-22-29(27)25-49-37(53)45-40(32-15-7-2-8-16-32)42(49,34-19-11-4-12-20-34)50(26-30)38(54)46-40/h1-22H,23-26H2,(H,43,51)(H,44,52)(H,45,53)(H,46,54). The van der Waals surface area contributed by atoms with Crippen molar-refractivity contribution in [3.05, 3.63) is 178 Å². The summed E-state index contributed by atoms with van der Waals surface area (Å²) in [5, 5.41) is 13.0. The monoisotopic (exact) mass is 714 g/mol. The predicted octanol–water partition coefficient (Wildman–Crippen LogP) is 5.23. The van der Waals surface area contributed by atoms with Gasteiger partial charge >= 0.3 is 24.1 Å². The third-order valence-corrected chi connectivity index (χ3v) is 12.4. The molecule has 0 aliphatic carbocycles. The molecule has 0 saturated carbocycles. The van der Waals surface area contributed by atoms with Crippen LogP contribution in [0.25, 0.3) is 0 Å². The molecule has 0 aromatic heterocycles. The highest BCUT2D eigenvalue weighted by atomic mass is 16.2. The van der Waals surface area contributed by atoms with Gasteiger partial charge in [-0.3, -0.25) is 19.6 Å². The zero-order valence-electron chi connectivity index (χ0n) is 29.0. The minimum absolute atomic E-state index is 0.141. The number of carbonyl (C=O) groups is 4. The zero-order valence-corrected chi connectivity index (χ0v) is 29.0. The smallest absolute Gasteiger partial charge is 0.307 e. The van der Waals surface area contributed by atoms with Crippen LogP contribution in [-0.2, 0) is 48.8 Å². The Bertz CT molecular complexity index is 2180. The molecule has 0 spiro atoms.